The summed E-state index contributed by atoms with van der Waals surface area (Å²) in [5.41, 5.74) is 3.33. The molecule has 2 amide bonds. The number of ether oxygens (including phenoxy) is 1. The van der Waals surface area contributed by atoms with Crippen molar-refractivity contribution in [3.8, 4) is 11.1 Å². The standard InChI is InChI=1S/C29H27N3O3/c1-20-18-31(19-30-20)29(3,25-16-14-23(15-17-25)22-10-6-4-7-11-22)27(33)32-21(2)26(35-28(32)34)24-12-8-5-9-13-24/h4-19,21,26H,1-3H3/t21-,26-,29?/m1/s1. The molecular formula is C29H27N3O3. The molecular weight excluding hydrogens is 438 g/mol. The summed E-state index contributed by atoms with van der Waals surface area (Å²) in [6, 6.07) is 27.0. The van der Waals surface area contributed by atoms with Gasteiger partial charge in [0.05, 0.1) is 18.1 Å². The molecule has 0 radical (unpaired) electrons. The SMILES string of the molecule is Cc1cn(C(C)(C(=O)N2C(=O)O[C@@H](c3ccccc3)[C@H]2C)c2ccc(-c3ccccc3)cc2)cn1. The highest BCUT2D eigenvalue weighted by atomic mass is 16.6. The topological polar surface area (TPSA) is 64.4 Å². The predicted octanol–water partition coefficient (Wildman–Crippen LogP) is 5.73. The van der Waals surface area contributed by atoms with Crippen molar-refractivity contribution in [2.24, 2.45) is 0 Å². The van der Waals surface area contributed by atoms with Gasteiger partial charge in [-0.25, -0.2) is 14.7 Å². The van der Waals surface area contributed by atoms with Gasteiger partial charge in [-0.05, 0) is 43.0 Å². The Labute approximate surface area is 204 Å². The van der Waals surface area contributed by atoms with E-state index >= 15 is 0 Å². The maximum atomic E-state index is 14.2. The van der Waals surface area contributed by atoms with Crippen molar-refractivity contribution < 1.29 is 14.3 Å². The number of carbonyl (C=O) groups is 2. The molecule has 5 rings (SSSR count). The van der Waals surface area contributed by atoms with Crippen LogP contribution in [0.5, 0.6) is 0 Å². The summed E-state index contributed by atoms with van der Waals surface area (Å²) < 4.78 is 7.46. The second kappa shape index (κ2) is 8.87. The Morgan fingerprint density at radius 3 is 2.11 bits per heavy atom. The fraction of sp³-hybridized carbons (Fsp3) is 0.207. The van der Waals surface area contributed by atoms with Gasteiger partial charge < -0.3 is 9.30 Å². The van der Waals surface area contributed by atoms with Crippen molar-refractivity contribution in [1.82, 2.24) is 14.5 Å². The molecule has 6 heteroatoms. The molecule has 1 aliphatic rings. The molecule has 35 heavy (non-hydrogen) atoms. The number of hydrogen-bond acceptors (Lipinski definition) is 4. The highest BCUT2D eigenvalue weighted by Crippen LogP contribution is 2.38. The van der Waals surface area contributed by atoms with Crippen LogP contribution in [-0.2, 0) is 15.1 Å². The molecule has 3 atom stereocenters. The average Bonchev–Trinajstić information content (AvgIpc) is 3.46. The number of amides is 2. The zero-order chi connectivity index (χ0) is 24.6. The van der Waals surface area contributed by atoms with Gasteiger partial charge in [0.1, 0.15) is 11.6 Å². The number of rotatable bonds is 5. The van der Waals surface area contributed by atoms with Gasteiger partial charge in [0, 0.05) is 6.20 Å². The predicted molar refractivity (Wildman–Crippen MR) is 134 cm³/mol. The highest BCUT2D eigenvalue weighted by Gasteiger charge is 2.50. The first-order valence-electron chi connectivity index (χ1n) is 11.7. The van der Waals surface area contributed by atoms with Gasteiger partial charge in [0.15, 0.2) is 0 Å². The summed E-state index contributed by atoms with van der Waals surface area (Å²) in [7, 11) is 0. The quantitative estimate of drug-likeness (QED) is 0.378. The molecule has 0 aliphatic carbocycles. The molecule has 1 fully saturated rings. The maximum absolute atomic E-state index is 14.2. The van der Waals surface area contributed by atoms with Gasteiger partial charge in [-0.1, -0.05) is 84.9 Å². The number of imide groups is 1. The number of aromatic nitrogens is 2. The van der Waals surface area contributed by atoms with Gasteiger partial charge in [0.2, 0.25) is 0 Å². The summed E-state index contributed by atoms with van der Waals surface area (Å²) in [6.07, 6.45) is 2.30. The second-order valence-corrected chi connectivity index (χ2v) is 9.07. The van der Waals surface area contributed by atoms with Crippen molar-refractivity contribution in [1.29, 1.82) is 0 Å². The molecule has 0 N–H and O–H groups in total. The number of imidazole rings is 1. The first-order chi connectivity index (χ1) is 16.9. The Morgan fingerprint density at radius 2 is 1.51 bits per heavy atom. The van der Waals surface area contributed by atoms with Crippen LogP contribution in [0.1, 0.15) is 36.8 Å². The van der Waals surface area contributed by atoms with E-state index in [1.165, 1.54) is 4.90 Å². The van der Waals surface area contributed by atoms with Crippen molar-refractivity contribution >= 4 is 12.0 Å². The van der Waals surface area contributed by atoms with Gasteiger partial charge >= 0.3 is 6.09 Å². The van der Waals surface area contributed by atoms with Crippen LogP contribution in [0.15, 0.2) is 97.5 Å². The Hall–Kier alpha value is -4.19. The molecule has 2 heterocycles. The van der Waals surface area contributed by atoms with Crippen LogP contribution < -0.4 is 0 Å². The van der Waals surface area contributed by atoms with Crippen LogP contribution in [0.4, 0.5) is 4.79 Å². The second-order valence-electron chi connectivity index (χ2n) is 9.07. The number of nitrogens with zero attached hydrogens (tertiary/aromatic N) is 3. The highest BCUT2D eigenvalue weighted by molar-refractivity contribution is 5.99. The summed E-state index contributed by atoms with van der Waals surface area (Å²) in [5, 5.41) is 0. The van der Waals surface area contributed by atoms with E-state index in [0.29, 0.717) is 0 Å². The van der Waals surface area contributed by atoms with Crippen LogP contribution in [-0.4, -0.2) is 32.5 Å². The molecule has 0 spiro atoms. The minimum Gasteiger partial charge on any atom is -0.439 e. The van der Waals surface area contributed by atoms with E-state index in [2.05, 4.69) is 4.98 Å². The molecule has 1 aromatic heterocycles. The summed E-state index contributed by atoms with van der Waals surface area (Å²) in [5.74, 6) is -0.363. The minimum atomic E-state index is -1.20. The monoisotopic (exact) mass is 465 g/mol. The first kappa shape index (κ1) is 22.6. The van der Waals surface area contributed by atoms with Gasteiger partial charge in [-0.2, -0.15) is 0 Å². The summed E-state index contributed by atoms with van der Waals surface area (Å²) in [6.45, 7) is 5.54. The zero-order valence-electron chi connectivity index (χ0n) is 20.0. The number of hydrogen-bond donors (Lipinski definition) is 0. The van der Waals surface area contributed by atoms with Crippen LogP contribution in [0, 0.1) is 6.92 Å². The van der Waals surface area contributed by atoms with E-state index in [4.69, 9.17) is 4.74 Å². The lowest BCUT2D eigenvalue weighted by atomic mass is 9.88. The molecule has 1 aliphatic heterocycles. The van der Waals surface area contributed by atoms with Crippen LogP contribution in [0.3, 0.4) is 0 Å². The van der Waals surface area contributed by atoms with Crippen LogP contribution >= 0.6 is 0 Å². The Kier molecular flexibility index (Phi) is 5.73. The largest absolute Gasteiger partial charge is 0.439 e. The van der Waals surface area contributed by atoms with Crippen LogP contribution in [0.25, 0.3) is 11.1 Å². The minimum absolute atomic E-state index is 0.363. The third kappa shape index (κ3) is 3.91. The Balaban J connectivity index is 1.54. The number of benzene rings is 3. The summed E-state index contributed by atoms with van der Waals surface area (Å²) >= 11 is 0. The van der Waals surface area contributed by atoms with E-state index in [0.717, 1.165) is 27.9 Å². The lowest BCUT2D eigenvalue weighted by Gasteiger charge is -2.34. The molecule has 1 saturated heterocycles. The Morgan fingerprint density at radius 1 is 0.914 bits per heavy atom. The van der Waals surface area contributed by atoms with Crippen molar-refractivity contribution in [3.05, 3.63) is 114 Å². The smallest absolute Gasteiger partial charge is 0.417 e. The molecule has 3 aromatic carbocycles. The van der Waals surface area contributed by atoms with Crippen molar-refractivity contribution in [2.75, 3.05) is 0 Å². The zero-order valence-corrected chi connectivity index (χ0v) is 20.0. The fourth-order valence-electron chi connectivity index (χ4n) is 4.72. The molecule has 4 aromatic rings. The third-order valence-corrected chi connectivity index (χ3v) is 6.82. The lowest BCUT2D eigenvalue weighted by Crippen LogP contribution is -2.52. The lowest BCUT2D eigenvalue weighted by molar-refractivity contribution is -0.135. The number of aryl methyl sites for hydroxylation is 1. The summed E-state index contributed by atoms with van der Waals surface area (Å²) in [4.78, 5) is 32.8. The van der Waals surface area contributed by atoms with Crippen LogP contribution in [0.2, 0.25) is 0 Å². The maximum Gasteiger partial charge on any atom is 0.417 e. The molecule has 0 saturated carbocycles. The van der Waals surface area contributed by atoms with E-state index in [-0.39, 0.29) is 5.91 Å². The fourth-order valence-corrected chi connectivity index (χ4v) is 4.72. The first-order valence-corrected chi connectivity index (χ1v) is 11.7. The van der Waals surface area contributed by atoms with E-state index in [9.17, 15) is 9.59 Å². The van der Waals surface area contributed by atoms with Gasteiger partial charge in [0.25, 0.3) is 5.91 Å². The van der Waals surface area contributed by atoms with E-state index in [1.54, 1.807) is 10.9 Å². The van der Waals surface area contributed by atoms with Gasteiger partial charge in [-0.3, -0.25) is 4.79 Å². The van der Waals surface area contributed by atoms with Crippen molar-refractivity contribution in [2.45, 2.75) is 38.5 Å². The van der Waals surface area contributed by atoms with E-state index in [1.807, 2.05) is 112 Å². The molecule has 176 valence electrons. The third-order valence-electron chi connectivity index (χ3n) is 6.82. The van der Waals surface area contributed by atoms with E-state index < -0.39 is 23.8 Å². The number of cyclic esters (lactones) is 1. The molecule has 6 nitrogen and oxygen atoms in total. The van der Waals surface area contributed by atoms with Gasteiger partial charge in [-0.15, -0.1) is 0 Å². The van der Waals surface area contributed by atoms with Crippen molar-refractivity contribution in [3.63, 3.8) is 0 Å². The molecule has 0 bridgehead atoms. The normalized spacial score (nSPS) is 19.3. The number of carbonyl (C=O) groups excluding carboxylic acids is 2. The Bertz CT molecular complexity index is 1350. The average molecular weight is 466 g/mol. The molecule has 1 unspecified atom stereocenters.